The third-order valence-corrected chi connectivity index (χ3v) is 2.71. The molecule has 1 fully saturated rings. The van der Waals surface area contributed by atoms with Gasteiger partial charge < -0.3 is 10.9 Å². The molecule has 1 saturated heterocycles. The highest BCUT2D eigenvalue weighted by atomic mass is 16.4. The van der Waals surface area contributed by atoms with Crippen LogP contribution >= 0.6 is 0 Å². The van der Waals surface area contributed by atoms with Crippen LogP contribution < -0.4 is 5.73 Å². The van der Waals surface area contributed by atoms with Gasteiger partial charge in [-0.05, 0) is 25.8 Å². The van der Waals surface area contributed by atoms with E-state index in [2.05, 4.69) is 23.9 Å². The Bertz CT molecular complexity index is 193. The van der Waals surface area contributed by atoms with E-state index in [1.807, 2.05) is 0 Å². The highest BCUT2D eigenvalue weighted by Crippen LogP contribution is 2.18. The SMILES string of the molecule is CC1CCN(C(C)CC(N)=NO)C1. The zero-order valence-corrected chi connectivity index (χ0v) is 8.40. The fourth-order valence-corrected chi connectivity index (χ4v) is 1.84. The van der Waals surface area contributed by atoms with E-state index in [-0.39, 0.29) is 0 Å². The second kappa shape index (κ2) is 4.46. The molecule has 0 amide bonds. The summed E-state index contributed by atoms with van der Waals surface area (Å²) in [5, 5.41) is 11.4. The number of hydrogen-bond donors (Lipinski definition) is 2. The van der Waals surface area contributed by atoms with E-state index in [9.17, 15) is 0 Å². The van der Waals surface area contributed by atoms with Crippen LogP contribution in [0.4, 0.5) is 0 Å². The molecule has 1 rings (SSSR count). The molecule has 0 saturated carbocycles. The fourth-order valence-electron chi connectivity index (χ4n) is 1.84. The van der Waals surface area contributed by atoms with Crippen molar-refractivity contribution in [3.8, 4) is 0 Å². The summed E-state index contributed by atoms with van der Waals surface area (Å²) in [5.41, 5.74) is 5.45. The number of nitrogens with two attached hydrogens (primary N) is 1. The minimum atomic E-state index is 0.326. The van der Waals surface area contributed by atoms with Crippen LogP contribution in [0, 0.1) is 5.92 Å². The van der Waals surface area contributed by atoms with Gasteiger partial charge in [0.25, 0.3) is 0 Å². The number of rotatable bonds is 3. The summed E-state index contributed by atoms with van der Waals surface area (Å²) < 4.78 is 0. The molecule has 2 atom stereocenters. The molecule has 13 heavy (non-hydrogen) atoms. The van der Waals surface area contributed by atoms with Crippen LogP contribution in [-0.2, 0) is 0 Å². The van der Waals surface area contributed by atoms with Crippen molar-refractivity contribution >= 4 is 5.84 Å². The van der Waals surface area contributed by atoms with Crippen LogP contribution in [0.15, 0.2) is 5.16 Å². The summed E-state index contributed by atoms with van der Waals surface area (Å²) in [7, 11) is 0. The summed E-state index contributed by atoms with van der Waals surface area (Å²) in [6.07, 6.45) is 1.92. The van der Waals surface area contributed by atoms with Gasteiger partial charge in [-0.1, -0.05) is 12.1 Å². The van der Waals surface area contributed by atoms with E-state index in [1.165, 1.54) is 6.42 Å². The van der Waals surface area contributed by atoms with Gasteiger partial charge in [0.05, 0.1) is 0 Å². The summed E-state index contributed by atoms with van der Waals surface area (Å²) >= 11 is 0. The zero-order chi connectivity index (χ0) is 9.84. The van der Waals surface area contributed by atoms with E-state index in [0.717, 1.165) is 19.0 Å². The number of nitrogens with zero attached hydrogens (tertiary/aromatic N) is 2. The first-order valence-electron chi connectivity index (χ1n) is 4.84. The molecule has 4 nitrogen and oxygen atoms in total. The second-order valence-electron chi connectivity index (χ2n) is 4.03. The van der Waals surface area contributed by atoms with Crippen molar-refractivity contribution in [1.82, 2.24) is 4.90 Å². The summed E-state index contributed by atoms with van der Waals surface area (Å²) in [5.74, 6) is 1.11. The maximum absolute atomic E-state index is 8.42. The van der Waals surface area contributed by atoms with Gasteiger partial charge >= 0.3 is 0 Å². The van der Waals surface area contributed by atoms with Crippen molar-refractivity contribution in [3.05, 3.63) is 0 Å². The molecule has 1 aliphatic rings. The third-order valence-electron chi connectivity index (χ3n) is 2.71. The van der Waals surface area contributed by atoms with Crippen molar-refractivity contribution in [1.29, 1.82) is 0 Å². The Morgan fingerprint density at radius 1 is 1.77 bits per heavy atom. The van der Waals surface area contributed by atoms with Crippen LogP contribution in [0.2, 0.25) is 0 Å². The Balaban J connectivity index is 2.35. The molecule has 76 valence electrons. The Morgan fingerprint density at radius 2 is 2.46 bits per heavy atom. The lowest BCUT2D eigenvalue weighted by Gasteiger charge is -2.23. The van der Waals surface area contributed by atoms with Gasteiger partial charge in [0.15, 0.2) is 0 Å². The standard InChI is InChI=1S/C9H19N3O/c1-7-3-4-12(6-7)8(2)5-9(10)11-13/h7-8,13H,3-6H2,1-2H3,(H2,10,11). The molecule has 0 aromatic heterocycles. The van der Waals surface area contributed by atoms with Crippen LogP contribution in [0.3, 0.4) is 0 Å². The third kappa shape index (κ3) is 2.88. The van der Waals surface area contributed by atoms with E-state index < -0.39 is 0 Å². The molecule has 1 heterocycles. The van der Waals surface area contributed by atoms with E-state index in [1.54, 1.807) is 0 Å². The summed E-state index contributed by atoms with van der Waals surface area (Å²) in [6.45, 7) is 6.66. The first kappa shape index (κ1) is 10.3. The summed E-state index contributed by atoms with van der Waals surface area (Å²) in [4.78, 5) is 2.39. The smallest absolute Gasteiger partial charge is 0.140 e. The van der Waals surface area contributed by atoms with Crippen LogP contribution in [0.1, 0.15) is 26.7 Å². The second-order valence-corrected chi connectivity index (χ2v) is 4.03. The molecule has 0 aromatic rings. The lowest BCUT2D eigenvalue weighted by atomic mass is 10.1. The highest BCUT2D eigenvalue weighted by molar-refractivity contribution is 5.80. The lowest BCUT2D eigenvalue weighted by molar-refractivity contribution is 0.252. The Labute approximate surface area is 79.4 Å². The molecular weight excluding hydrogens is 166 g/mol. The molecule has 0 bridgehead atoms. The molecular formula is C9H19N3O. The maximum atomic E-state index is 8.42. The van der Waals surface area contributed by atoms with Crippen molar-refractivity contribution in [2.24, 2.45) is 16.8 Å². The van der Waals surface area contributed by atoms with E-state index >= 15 is 0 Å². The monoisotopic (exact) mass is 185 g/mol. The van der Waals surface area contributed by atoms with Crippen LogP contribution in [0.25, 0.3) is 0 Å². The average molecular weight is 185 g/mol. The number of oxime groups is 1. The number of hydrogen-bond acceptors (Lipinski definition) is 3. The zero-order valence-electron chi connectivity index (χ0n) is 8.40. The predicted molar refractivity (Wildman–Crippen MR) is 52.8 cm³/mol. The molecule has 0 aromatic carbocycles. The molecule has 0 radical (unpaired) electrons. The Kier molecular flexibility index (Phi) is 3.54. The van der Waals surface area contributed by atoms with Gasteiger partial charge in [0, 0.05) is 19.0 Å². The van der Waals surface area contributed by atoms with Crippen molar-refractivity contribution in [2.45, 2.75) is 32.7 Å². The topological polar surface area (TPSA) is 61.8 Å². The van der Waals surface area contributed by atoms with Gasteiger partial charge in [-0.3, -0.25) is 4.90 Å². The van der Waals surface area contributed by atoms with Crippen LogP contribution in [-0.4, -0.2) is 35.1 Å². The molecule has 0 spiro atoms. The molecule has 2 unspecified atom stereocenters. The Morgan fingerprint density at radius 3 is 2.92 bits per heavy atom. The predicted octanol–water partition coefficient (Wildman–Crippen LogP) is 0.853. The first-order valence-corrected chi connectivity index (χ1v) is 4.84. The molecule has 0 aliphatic carbocycles. The lowest BCUT2D eigenvalue weighted by Crippen LogP contribution is -2.34. The van der Waals surface area contributed by atoms with Crippen molar-refractivity contribution in [2.75, 3.05) is 13.1 Å². The van der Waals surface area contributed by atoms with Crippen LogP contribution in [0.5, 0.6) is 0 Å². The van der Waals surface area contributed by atoms with Crippen molar-refractivity contribution < 1.29 is 5.21 Å². The van der Waals surface area contributed by atoms with Gasteiger partial charge in [0.2, 0.25) is 0 Å². The average Bonchev–Trinajstić information content (AvgIpc) is 2.51. The van der Waals surface area contributed by atoms with E-state index in [0.29, 0.717) is 18.3 Å². The van der Waals surface area contributed by atoms with Gasteiger partial charge in [-0.15, -0.1) is 0 Å². The molecule has 4 heteroatoms. The van der Waals surface area contributed by atoms with Gasteiger partial charge in [-0.25, -0.2) is 0 Å². The minimum absolute atomic E-state index is 0.326. The quantitative estimate of drug-likeness (QED) is 0.296. The first-order chi connectivity index (χ1) is 6.13. The maximum Gasteiger partial charge on any atom is 0.140 e. The van der Waals surface area contributed by atoms with Gasteiger partial charge in [-0.2, -0.15) is 0 Å². The summed E-state index contributed by atoms with van der Waals surface area (Å²) in [6, 6.07) is 0.390. The van der Waals surface area contributed by atoms with Gasteiger partial charge in [0.1, 0.15) is 5.84 Å². The fraction of sp³-hybridized carbons (Fsp3) is 0.889. The Hall–Kier alpha value is -0.770. The highest BCUT2D eigenvalue weighted by Gasteiger charge is 2.23. The van der Waals surface area contributed by atoms with Crippen molar-refractivity contribution in [3.63, 3.8) is 0 Å². The molecule has 3 N–H and O–H groups in total. The van der Waals surface area contributed by atoms with E-state index in [4.69, 9.17) is 10.9 Å². The molecule has 1 aliphatic heterocycles. The number of amidine groups is 1. The largest absolute Gasteiger partial charge is 0.409 e. The number of likely N-dealkylation sites (tertiary alicyclic amines) is 1. The normalized spacial score (nSPS) is 27.8. The minimum Gasteiger partial charge on any atom is -0.409 e.